The minimum atomic E-state index is 0.0729. The number of benzene rings is 2. The summed E-state index contributed by atoms with van der Waals surface area (Å²) in [7, 11) is 0. The van der Waals surface area contributed by atoms with E-state index < -0.39 is 0 Å². The van der Waals surface area contributed by atoms with Gasteiger partial charge in [-0.15, -0.1) is 0 Å². The van der Waals surface area contributed by atoms with Gasteiger partial charge in [0.1, 0.15) is 0 Å². The van der Waals surface area contributed by atoms with E-state index in [9.17, 15) is 5.11 Å². The maximum Gasteiger partial charge on any atom is 0.0702 e. The van der Waals surface area contributed by atoms with Crippen LogP contribution in [0, 0.1) is 0 Å². The number of para-hydroxylation sites is 1. The van der Waals surface area contributed by atoms with E-state index in [0.29, 0.717) is 0 Å². The summed E-state index contributed by atoms with van der Waals surface area (Å²) in [5.41, 5.74) is 3.36. The van der Waals surface area contributed by atoms with E-state index in [1.165, 1.54) is 5.56 Å². The average molecular weight is 316 g/mol. The first kappa shape index (κ1) is 12.5. The molecule has 0 saturated heterocycles. The number of nitrogens with zero attached hydrogens (tertiary/aromatic N) is 1. The maximum atomic E-state index is 9.45. The zero-order valence-electron chi connectivity index (χ0n) is 10.4. The van der Waals surface area contributed by atoms with E-state index in [2.05, 4.69) is 38.7 Å². The number of fused-ring (bicyclic) bond motifs is 1. The van der Waals surface area contributed by atoms with Gasteiger partial charge < -0.3 is 9.67 Å². The molecule has 1 aromatic heterocycles. The summed E-state index contributed by atoms with van der Waals surface area (Å²) in [6, 6.07) is 16.4. The van der Waals surface area contributed by atoms with Crippen molar-refractivity contribution in [3.63, 3.8) is 0 Å². The number of halogens is 1. The van der Waals surface area contributed by atoms with E-state index in [1.807, 2.05) is 36.5 Å². The second-order valence-corrected chi connectivity index (χ2v) is 5.40. The van der Waals surface area contributed by atoms with Gasteiger partial charge in [0.2, 0.25) is 0 Å². The minimum Gasteiger partial charge on any atom is -0.392 e. The third-order valence-electron chi connectivity index (χ3n) is 3.34. The van der Waals surface area contributed by atoms with Crippen LogP contribution in [-0.2, 0) is 13.2 Å². The lowest BCUT2D eigenvalue weighted by Crippen LogP contribution is -1.98. The number of aliphatic hydroxyl groups excluding tert-OH is 1. The molecule has 3 rings (SSSR count). The van der Waals surface area contributed by atoms with E-state index in [1.54, 1.807) is 0 Å². The molecule has 2 nitrogen and oxygen atoms in total. The first-order chi connectivity index (χ1) is 9.29. The lowest BCUT2D eigenvalue weighted by Gasteiger charge is -2.07. The van der Waals surface area contributed by atoms with Crippen LogP contribution in [0.15, 0.2) is 59.2 Å². The van der Waals surface area contributed by atoms with Crippen molar-refractivity contribution in [2.45, 2.75) is 13.2 Å². The van der Waals surface area contributed by atoms with Gasteiger partial charge in [-0.05, 0) is 17.7 Å². The summed E-state index contributed by atoms with van der Waals surface area (Å²) in [5, 5.41) is 10.6. The number of hydrogen-bond donors (Lipinski definition) is 1. The van der Waals surface area contributed by atoms with Crippen molar-refractivity contribution >= 4 is 26.8 Å². The van der Waals surface area contributed by atoms with E-state index in [0.717, 1.165) is 27.5 Å². The van der Waals surface area contributed by atoms with Gasteiger partial charge in [-0.25, -0.2) is 0 Å². The van der Waals surface area contributed by atoms with Gasteiger partial charge in [-0.1, -0.05) is 52.3 Å². The molecule has 0 amide bonds. The van der Waals surface area contributed by atoms with E-state index in [-0.39, 0.29) is 6.61 Å². The lowest BCUT2D eigenvalue weighted by molar-refractivity contribution is 0.283. The molecule has 0 bridgehead atoms. The first-order valence-electron chi connectivity index (χ1n) is 6.20. The summed E-state index contributed by atoms with van der Waals surface area (Å²) in [6.45, 7) is 0.866. The molecule has 0 fully saturated rings. The van der Waals surface area contributed by atoms with Crippen LogP contribution in [0.4, 0.5) is 0 Å². The number of aromatic nitrogens is 1. The van der Waals surface area contributed by atoms with E-state index >= 15 is 0 Å². The smallest absolute Gasteiger partial charge is 0.0702 e. The largest absolute Gasteiger partial charge is 0.392 e. The van der Waals surface area contributed by atoms with Crippen LogP contribution >= 0.6 is 15.9 Å². The van der Waals surface area contributed by atoms with Crippen LogP contribution in [0.1, 0.15) is 11.1 Å². The van der Waals surface area contributed by atoms with Crippen LogP contribution in [0.2, 0.25) is 0 Å². The summed E-state index contributed by atoms with van der Waals surface area (Å²) < 4.78 is 3.29. The van der Waals surface area contributed by atoms with Crippen molar-refractivity contribution in [2.75, 3.05) is 0 Å². The molecular formula is C16H14BrNO. The fourth-order valence-electron chi connectivity index (χ4n) is 2.39. The Labute approximate surface area is 120 Å². The molecule has 0 aliphatic rings. The molecule has 0 atom stereocenters. The molecule has 96 valence electrons. The van der Waals surface area contributed by atoms with E-state index in [4.69, 9.17) is 0 Å². The van der Waals surface area contributed by atoms with Gasteiger partial charge >= 0.3 is 0 Å². The lowest BCUT2D eigenvalue weighted by atomic mass is 10.2. The van der Waals surface area contributed by atoms with Gasteiger partial charge in [0.05, 0.1) is 6.61 Å². The Hall–Kier alpha value is -1.58. The van der Waals surface area contributed by atoms with Gasteiger partial charge in [0.15, 0.2) is 0 Å². The van der Waals surface area contributed by atoms with Gasteiger partial charge in [0.25, 0.3) is 0 Å². The number of rotatable bonds is 3. The molecule has 2 aromatic carbocycles. The molecule has 0 aliphatic carbocycles. The quantitative estimate of drug-likeness (QED) is 0.778. The molecular weight excluding hydrogens is 302 g/mol. The maximum absolute atomic E-state index is 9.45. The monoisotopic (exact) mass is 315 g/mol. The highest BCUT2D eigenvalue weighted by atomic mass is 79.9. The van der Waals surface area contributed by atoms with Crippen LogP contribution in [0.25, 0.3) is 10.9 Å². The summed E-state index contributed by atoms with van der Waals surface area (Å²) in [5.74, 6) is 0. The second kappa shape index (κ2) is 5.19. The standard InChI is InChI=1S/C16H14BrNO/c17-15-7-3-1-5-12(15)9-18-10-13(11-19)14-6-2-4-8-16(14)18/h1-8,10,19H,9,11H2. The first-order valence-corrected chi connectivity index (χ1v) is 7.00. The molecule has 3 heteroatoms. The molecule has 0 aliphatic heterocycles. The Morgan fingerprint density at radius 1 is 0.947 bits per heavy atom. The van der Waals surface area contributed by atoms with Crippen molar-refractivity contribution < 1.29 is 5.11 Å². The molecule has 0 radical (unpaired) electrons. The molecule has 0 spiro atoms. The molecule has 0 unspecified atom stereocenters. The van der Waals surface area contributed by atoms with Crippen molar-refractivity contribution in [3.05, 3.63) is 70.3 Å². The van der Waals surface area contributed by atoms with Crippen molar-refractivity contribution in [2.24, 2.45) is 0 Å². The third kappa shape index (κ3) is 2.31. The zero-order valence-corrected chi connectivity index (χ0v) is 12.0. The molecule has 0 saturated carbocycles. The minimum absolute atomic E-state index is 0.0729. The molecule has 1 heterocycles. The highest BCUT2D eigenvalue weighted by Crippen LogP contribution is 2.24. The summed E-state index contributed by atoms with van der Waals surface area (Å²) in [6.07, 6.45) is 2.03. The van der Waals surface area contributed by atoms with Gasteiger partial charge in [-0.3, -0.25) is 0 Å². The number of hydrogen-bond acceptors (Lipinski definition) is 1. The predicted molar refractivity (Wildman–Crippen MR) is 81.1 cm³/mol. The Bertz CT molecular complexity index is 718. The fourth-order valence-corrected chi connectivity index (χ4v) is 2.80. The van der Waals surface area contributed by atoms with Crippen LogP contribution in [0.3, 0.4) is 0 Å². The average Bonchev–Trinajstić information content (AvgIpc) is 2.80. The fraction of sp³-hybridized carbons (Fsp3) is 0.125. The number of aliphatic hydroxyl groups is 1. The van der Waals surface area contributed by atoms with Crippen LogP contribution in [0.5, 0.6) is 0 Å². The highest BCUT2D eigenvalue weighted by molar-refractivity contribution is 9.10. The van der Waals surface area contributed by atoms with Crippen molar-refractivity contribution in [1.29, 1.82) is 0 Å². The Balaban J connectivity index is 2.09. The topological polar surface area (TPSA) is 25.2 Å². The van der Waals surface area contributed by atoms with Crippen LogP contribution < -0.4 is 0 Å². The zero-order chi connectivity index (χ0) is 13.2. The second-order valence-electron chi connectivity index (χ2n) is 4.55. The Morgan fingerprint density at radius 2 is 1.68 bits per heavy atom. The third-order valence-corrected chi connectivity index (χ3v) is 4.11. The molecule has 1 N–H and O–H groups in total. The SMILES string of the molecule is OCc1cn(Cc2ccccc2Br)c2ccccc12. The van der Waals surface area contributed by atoms with Crippen molar-refractivity contribution in [3.8, 4) is 0 Å². The van der Waals surface area contributed by atoms with Gasteiger partial charge in [0, 0.05) is 33.7 Å². The molecule has 19 heavy (non-hydrogen) atoms. The summed E-state index contributed by atoms with van der Waals surface area (Å²) >= 11 is 3.58. The normalized spacial score (nSPS) is 11.1. The van der Waals surface area contributed by atoms with Gasteiger partial charge in [-0.2, -0.15) is 0 Å². The summed E-state index contributed by atoms with van der Waals surface area (Å²) in [4.78, 5) is 0. The Morgan fingerprint density at radius 3 is 2.47 bits per heavy atom. The predicted octanol–water partition coefficient (Wildman–Crippen LogP) is 3.94. The highest BCUT2D eigenvalue weighted by Gasteiger charge is 2.08. The van der Waals surface area contributed by atoms with Crippen molar-refractivity contribution in [1.82, 2.24) is 4.57 Å². The van der Waals surface area contributed by atoms with Crippen LogP contribution in [-0.4, -0.2) is 9.67 Å². The molecule has 3 aromatic rings. The Kier molecular flexibility index (Phi) is 3.40.